The third-order valence-electron chi connectivity index (χ3n) is 2.40. The number of hydrogen-bond acceptors (Lipinski definition) is 4. The van der Waals surface area contributed by atoms with E-state index in [4.69, 9.17) is 22.7 Å². The van der Waals surface area contributed by atoms with Crippen LogP contribution in [0, 0.1) is 0 Å². The smallest absolute Gasteiger partial charge is 0.342 e. The highest BCUT2D eigenvalue weighted by atomic mass is 32.1. The first-order chi connectivity index (χ1) is 9.06. The summed E-state index contributed by atoms with van der Waals surface area (Å²) in [5.74, 6) is -0.493. The summed E-state index contributed by atoms with van der Waals surface area (Å²) in [6.45, 7) is 4.19. The number of thiocarbonyl (C=S) groups is 1. The van der Waals surface area contributed by atoms with Gasteiger partial charge < -0.3 is 15.8 Å². The number of nitrogens with two attached hydrogens (primary N) is 1. The summed E-state index contributed by atoms with van der Waals surface area (Å²) < 4.78 is 4.93. The zero-order valence-electron chi connectivity index (χ0n) is 11.1. The van der Waals surface area contributed by atoms with Gasteiger partial charge in [0.05, 0.1) is 6.61 Å². The molecule has 4 nitrogen and oxygen atoms in total. The molecule has 1 aromatic carbocycles. The van der Waals surface area contributed by atoms with Crippen molar-refractivity contribution in [1.82, 2.24) is 5.32 Å². The molecule has 0 saturated carbocycles. The summed E-state index contributed by atoms with van der Waals surface area (Å²) in [6.07, 6.45) is 0. The minimum Gasteiger partial charge on any atom is -0.462 e. The maximum atomic E-state index is 11.7. The molecule has 1 aromatic rings. The number of rotatable bonds is 5. The third-order valence-corrected chi connectivity index (χ3v) is 2.75. The van der Waals surface area contributed by atoms with Crippen LogP contribution in [0.25, 0.3) is 0 Å². The van der Waals surface area contributed by atoms with E-state index in [9.17, 15) is 4.79 Å². The average molecular weight is 278 g/mol. The van der Waals surface area contributed by atoms with Crippen LogP contribution in [-0.2, 0) is 16.1 Å². The summed E-state index contributed by atoms with van der Waals surface area (Å²) in [4.78, 5) is 12.1. The molecule has 0 radical (unpaired) electrons. The second-order valence-corrected chi connectivity index (χ2v) is 4.36. The van der Waals surface area contributed by atoms with E-state index in [0.717, 1.165) is 5.56 Å². The van der Waals surface area contributed by atoms with Crippen LogP contribution in [-0.4, -0.2) is 17.6 Å². The Bertz CT molecular complexity index is 479. The maximum absolute atomic E-state index is 11.7. The van der Waals surface area contributed by atoms with Gasteiger partial charge in [0.15, 0.2) is 0 Å². The lowest BCUT2D eigenvalue weighted by molar-refractivity contribution is -0.137. The molecular formula is C14H18N2O2S. The Morgan fingerprint density at radius 3 is 2.53 bits per heavy atom. The fourth-order valence-corrected chi connectivity index (χ4v) is 1.82. The van der Waals surface area contributed by atoms with Crippen molar-refractivity contribution in [2.45, 2.75) is 20.4 Å². The van der Waals surface area contributed by atoms with Crippen LogP contribution < -0.4 is 11.1 Å². The SMILES string of the molecule is CCOC(=O)/C(C(=S)NCc1ccccc1)=C(/C)N. The Hall–Kier alpha value is -1.88. The van der Waals surface area contributed by atoms with Crippen LogP contribution in [0.3, 0.4) is 0 Å². The Morgan fingerprint density at radius 2 is 2.00 bits per heavy atom. The van der Waals surface area contributed by atoms with E-state index in [-0.39, 0.29) is 12.2 Å². The van der Waals surface area contributed by atoms with Gasteiger partial charge in [0.1, 0.15) is 10.6 Å². The molecule has 0 aromatic heterocycles. The van der Waals surface area contributed by atoms with E-state index in [2.05, 4.69) is 5.32 Å². The van der Waals surface area contributed by atoms with Crippen molar-refractivity contribution in [3.05, 3.63) is 47.2 Å². The van der Waals surface area contributed by atoms with Crippen molar-refractivity contribution < 1.29 is 9.53 Å². The molecule has 0 unspecified atom stereocenters. The molecule has 0 aliphatic carbocycles. The molecule has 3 N–H and O–H groups in total. The second-order valence-electron chi connectivity index (χ2n) is 3.95. The lowest BCUT2D eigenvalue weighted by atomic mass is 10.2. The highest BCUT2D eigenvalue weighted by Gasteiger charge is 2.18. The first kappa shape index (κ1) is 15.2. The fraction of sp³-hybridized carbons (Fsp3) is 0.286. The molecule has 5 heteroatoms. The van der Waals surface area contributed by atoms with Crippen LogP contribution in [0.15, 0.2) is 41.6 Å². The van der Waals surface area contributed by atoms with E-state index < -0.39 is 5.97 Å². The second kappa shape index (κ2) is 7.53. The van der Waals surface area contributed by atoms with Crippen LogP contribution in [0.5, 0.6) is 0 Å². The molecule has 102 valence electrons. The van der Waals surface area contributed by atoms with Crippen molar-refractivity contribution in [3.8, 4) is 0 Å². The molecule has 19 heavy (non-hydrogen) atoms. The molecule has 0 fully saturated rings. The van der Waals surface area contributed by atoms with E-state index in [1.54, 1.807) is 13.8 Å². The number of allylic oxidation sites excluding steroid dienone is 1. The average Bonchev–Trinajstić information content (AvgIpc) is 2.37. The largest absolute Gasteiger partial charge is 0.462 e. The molecule has 0 bridgehead atoms. The first-order valence-corrected chi connectivity index (χ1v) is 6.42. The number of esters is 1. The summed E-state index contributed by atoms with van der Waals surface area (Å²) in [5.41, 5.74) is 7.34. The van der Waals surface area contributed by atoms with Crippen molar-refractivity contribution in [1.29, 1.82) is 0 Å². The molecule has 0 spiro atoms. The quantitative estimate of drug-likeness (QED) is 0.489. The highest BCUT2D eigenvalue weighted by molar-refractivity contribution is 7.80. The van der Waals surface area contributed by atoms with Gasteiger partial charge in [-0.25, -0.2) is 4.79 Å². The predicted molar refractivity (Wildman–Crippen MR) is 79.4 cm³/mol. The van der Waals surface area contributed by atoms with Gasteiger partial charge in [-0.05, 0) is 19.4 Å². The summed E-state index contributed by atoms with van der Waals surface area (Å²) in [6, 6.07) is 9.76. The van der Waals surface area contributed by atoms with Gasteiger partial charge >= 0.3 is 5.97 Å². The molecular weight excluding hydrogens is 260 g/mol. The monoisotopic (exact) mass is 278 g/mol. The van der Waals surface area contributed by atoms with Crippen molar-refractivity contribution in [2.75, 3.05) is 6.61 Å². The van der Waals surface area contributed by atoms with Crippen LogP contribution in [0.4, 0.5) is 0 Å². The van der Waals surface area contributed by atoms with E-state index in [1.807, 2.05) is 30.3 Å². The fourth-order valence-electron chi connectivity index (χ4n) is 1.50. The summed E-state index contributed by atoms with van der Waals surface area (Å²) in [7, 11) is 0. The molecule has 0 aliphatic rings. The molecule has 0 aliphatic heterocycles. The first-order valence-electron chi connectivity index (χ1n) is 6.01. The summed E-state index contributed by atoms with van der Waals surface area (Å²) in [5, 5.41) is 3.01. The number of benzene rings is 1. The van der Waals surface area contributed by atoms with Gasteiger partial charge in [-0.2, -0.15) is 0 Å². The van der Waals surface area contributed by atoms with Crippen molar-refractivity contribution in [3.63, 3.8) is 0 Å². The summed E-state index contributed by atoms with van der Waals surface area (Å²) >= 11 is 5.19. The number of ether oxygens (including phenoxy) is 1. The van der Waals surface area contributed by atoms with Gasteiger partial charge in [-0.15, -0.1) is 0 Å². The van der Waals surface area contributed by atoms with Crippen molar-refractivity contribution in [2.24, 2.45) is 5.73 Å². The van der Waals surface area contributed by atoms with E-state index in [0.29, 0.717) is 17.2 Å². The minimum atomic E-state index is -0.493. The Balaban J connectivity index is 2.70. The number of nitrogens with one attached hydrogen (secondary N) is 1. The topological polar surface area (TPSA) is 64.3 Å². The minimum absolute atomic E-state index is 0.229. The molecule has 0 heterocycles. The Morgan fingerprint density at radius 1 is 1.37 bits per heavy atom. The van der Waals surface area contributed by atoms with E-state index in [1.165, 1.54) is 0 Å². The van der Waals surface area contributed by atoms with Crippen LogP contribution >= 0.6 is 12.2 Å². The van der Waals surface area contributed by atoms with Gasteiger partial charge in [0.2, 0.25) is 0 Å². The van der Waals surface area contributed by atoms with Crippen LogP contribution in [0.2, 0.25) is 0 Å². The lowest BCUT2D eigenvalue weighted by Crippen LogP contribution is -2.29. The van der Waals surface area contributed by atoms with Gasteiger partial charge in [0.25, 0.3) is 0 Å². The normalized spacial score (nSPS) is 11.5. The predicted octanol–water partition coefficient (Wildman–Crippen LogP) is 1.90. The van der Waals surface area contributed by atoms with Gasteiger partial charge in [0, 0.05) is 12.2 Å². The van der Waals surface area contributed by atoms with Gasteiger partial charge in [-0.3, -0.25) is 0 Å². The lowest BCUT2D eigenvalue weighted by Gasteiger charge is -2.12. The molecule has 0 amide bonds. The Labute approximate surface area is 118 Å². The molecule has 1 rings (SSSR count). The zero-order valence-corrected chi connectivity index (χ0v) is 11.9. The van der Waals surface area contributed by atoms with Gasteiger partial charge in [-0.1, -0.05) is 42.5 Å². The standard InChI is InChI=1S/C14H18N2O2S/c1-3-18-14(17)12(10(2)15)13(19)16-9-11-7-5-4-6-8-11/h4-8H,3,9,15H2,1-2H3,(H,16,19)/b12-10-. The number of hydrogen-bond donors (Lipinski definition) is 2. The highest BCUT2D eigenvalue weighted by Crippen LogP contribution is 2.06. The molecule has 0 saturated heterocycles. The maximum Gasteiger partial charge on any atom is 0.342 e. The third kappa shape index (κ3) is 4.71. The zero-order chi connectivity index (χ0) is 14.3. The van der Waals surface area contributed by atoms with Crippen LogP contribution in [0.1, 0.15) is 19.4 Å². The number of carbonyl (C=O) groups excluding carboxylic acids is 1. The Kier molecular flexibility index (Phi) is 6.02. The van der Waals surface area contributed by atoms with Crippen molar-refractivity contribution >= 4 is 23.2 Å². The van der Waals surface area contributed by atoms with E-state index >= 15 is 0 Å². The number of carbonyl (C=O) groups is 1. The molecule has 0 atom stereocenters.